The molecule has 108 valence electrons. The molecular weight excluding hydrogens is 255 g/mol. The minimum absolute atomic E-state index is 0.208. The van der Waals surface area contributed by atoms with Crippen molar-refractivity contribution in [1.82, 2.24) is 5.32 Å². The fourth-order valence-electron chi connectivity index (χ4n) is 2.27. The Bertz CT molecular complexity index is 565. The van der Waals surface area contributed by atoms with E-state index >= 15 is 0 Å². The van der Waals surface area contributed by atoms with Gasteiger partial charge in [-0.2, -0.15) is 0 Å². The van der Waals surface area contributed by atoms with Gasteiger partial charge >= 0.3 is 0 Å². The molecule has 0 radical (unpaired) electrons. The summed E-state index contributed by atoms with van der Waals surface area (Å²) in [5, 5.41) is 3.07. The Balaban J connectivity index is 2.18. The molecule has 1 heterocycles. The zero-order valence-electron chi connectivity index (χ0n) is 12.2. The number of furan rings is 1. The van der Waals surface area contributed by atoms with Gasteiger partial charge in [-0.1, -0.05) is 6.07 Å². The van der Waals surface area contributed by atoms with Crippen molar-refractivity contribution in [2.45, 2.75) is 26.9 Å². The average Bonchev–Trinajstić information content (AvgIpc) is 2.76. The van der Waals surface area contributed by atoms with Gasteiger partial charge in [0.2, 0.25) is 0 Å². The fraction of sp³-hybridized carbons (Fsp3) is 0.375. The van der Waals surface area contributed by atoms with E-state index in [1.54, 1.807) is 12.1 Å². The van der Waals surface area contributed by atoms with E-state index in [9.17, 15) is 4.39 Å². The molecule has 1 N–H and O–H groups in total. The van der Waals surface area contributed by atoms with Gasteiger partial charge in [0.1, 0.15) is 17.3 Å². The molecule has 0 spiro atoms. The monoisotopic (exact) mass is 276 g/mol. The second-order valence-corrected chi connectivity index (χ2v) is 4.82. The molecule has 0 unspecified atom stereocenters. The highest BCUT2D eigenvalue weighted by Crippen LogP contribution is 2.21. The van der Waals surface area contributed by atoms with E-state index in [1.165, 1.54) is 6.07 Å². The zero-order chi connectivity index (χ0) is 14.5. The van der Waals surface area contributed by atoms with Crippen molar-refractivity contribution in [2.75, 3.05) is 18.5 Å². The second kappa shape index (κ2) is 6.57. The predicted octanol–water partition coefficient (Wildman–Crippen LogP) is 3.47. The third-order valence-corrected chi connectivity index (χ3v) is 3.34. The molecule has 2 aromatic rings. The van der Waals surface area contributed by atoms with E-state index in [-0.39, 0.29) is 5.82 Å². The quantitative estimate of drug-likeness (QED) is 0.875. The van der Waals surface area contributed by atoms with Crippen molar-refractivity contribution in [3.8, 4) is 0 Å². The van der Waals surface area contributed by atoms with Crippen LogP contribution >= 0.6 is 0 Å². The molecule has 3 nitrogen and oxygen atoms in total. The summed E-state index contributed by atoms with van der Waals surface area (Å²) < 4.78 is 19.0. The van der Waals surface area contributed by atoms with Gasteiger partial charge in [-0.05, 0) is 45.2 Å². The molecule has 0 bridgehead atoms. The van der Waals surface area contributed by atoms with Crippen LogP contribution in [0.1, 0.15) is 24.0 Å². The number of rotatable bonds is 6. The van der Waals surface area contributed by atoms with Crippen molar-refractivity contribution < 1.29 is 8.81 Å². The molecule has 0 aliphatic rings. The molecule has 0 fully saturated rings. The predicted molar refractivity (Wildman–Crippen MR) is 79.3 cm³/mol. The third kappa shape index (κ3) is 3.39. The highest BCUT2D eigenvalue weighted by Gasteiger charge is 2.12. The third-order valence-electron chi connectivity index (χ3n) is 3.34. The second-order valence-electron chi connectivity index (χ2n) is 4.82. The molecule has 0 atom stereocenters. The van der Waals surface area contributed by atoms with E-state index in [1.807, 2.05) is 20.0 Å². The van der Waals surface area contributed by atoms with Gasteiger partial charge < -0.3 is 14.6 Å². The number of anilines is 1. The highest BCUT2D eigenvalue weighted by atomic mass is 19.1. The van der Waals surface area contributed by atoms with Crippen molar-refractivity contribution in [2.24, 2.45) is 0 Å². The fourth-order valence-corrected chi connectivity index (χ4v) is 2.27. The van der Waals surface area contributed by atoms with E-state index in [2.05, 4.69) is 23.2 Å². The van der Waals surface area contributed by atoms with E-state index in [0.717, 1.165) is 35.9 Å². The van der Waals surface area contributed by atoms with E-state index in [4.69, 9.17) is 4.42 Å². The molecule has 0 saturated carbocycles. The summed E-state index contributed by atoms with van der Waals surface area (Å²) in [6.07, 6.45) is 0. The highest BCUT2D eigenvalue weighted by molar-refractivity contribution is 5.47. The molecule has 20 heavy (non-hydrogen) atoms. The lowest BCUT2D eigenvalue weighted by Gasteiger charge is -2.22. The smallest absolute Gasteiger partial charge is 0.125 e. The summed E-state index contributed by atoms with van der Waals surface area (Å²) >= 11 is 0. The van der Waals surface area contributed by atoms with Gasteiger partial charge in [0.25, 0.3) is 0 Å². The Morgan fingerprint density at radius 1 is 1.30 bits per heavy atom. The summed E-state index contributed by atoms with van der Waals surface area (Å²) in [6.45, 7) is 6.28. The van der Waals surface area contributed by atoms with Crippen molar-refractivity contribution in [1.29, 1.82) is 0 Å². The molecule has 0 aliphatic carbocycles. The van der Waals surface area contributed by atoms with Gasteiger partial charge in [-0.25, -0.2) is 4.39 Å². The summed E-state index contributed by atoms with van der Waals surface area (Å²) in [7, 11) is 1.89. The van der Waals surface area contributed by atoms with Gasteiger partial charge in [-0.3, -0.25) is 0 Å². The lowest BCUT2D eigenvalue weighted by atomic mass is 10.2. The summed E-state index contributed by atoms with van der Waals surface area (Å²) in [4.78, 5) is 2.13. The van der Waals surface area contributed by atoms with Crippen LogP contribution in [0.15, 0.2) is 34.7 Å². The number of hydrogen-bond acceptors (Lipinski definition) is 3. The molecule has 2 rings (SSSR count). The molecule has 1 aromatic carbocycles. The van der Waals surface area contributed by atoms with Crippen LogP contribution in [0.3, 0.4) is 0 Å². The molecule has 0 amide bonds. The van der Waals surface area contributed by atoms with Crippen LogP contribution in [0.4, 0.5) is 10.1 Å². The van der Waals surface area contributed by atoms with Crippen LogP contribution in [-0.2, 0) is 13.1 Å². The minimum Gasteiger partial charge on any atom is -0.465 e. The Morgan fingerprint density at radius 3 is 2.75 bits per heavy atom. The Hall–Kier alpha value is -1.81. The number of hydrogen-bond donors (Lipinski definition) is 1. The maximum atomic E-state index is 13.3. The standard InChI is InChI=1S/C16H21FN2O/c1-4-19(15-7-5-6-14(17)9-15)11-13-8-16(10-18-3)20-12(13)2/h5-9,18H,4,10-11H2,1-3H3. The average molecular weight is 276 g/mol. The lowest BCUT2D eigenvalue weighted by molar-refractivity contribution is 0.469. The molecular formula is C16H21FN2O. The van der Waals surface area contributed by atoms with Crippen molar-refractivity contribution in [3.05, 3.63) is 53.2 Å². The number of nitrogens with one attached hydrogen (secondary N) is 1. The molecule has 1 aromatic heterocycles. The van der Waals surface area contributed by atoms with Crippen LogP contribution in [-0.4, -0.2) is 13.6 Å². The summed E-state index contributed by atoms with van der Waals surface area (Å²) in [6, 6.07) is 8.76. The number of nitrogens with zero attached hydrogens (tertiary/aromatic N) is 1. The first-order valence-corrected chi connectivity index (χ1v) is 6.87. The normalized spacial score (nSPS) is 10.8. The number of aryl methyl sites for hydroxylation is 1. The largest absolute Gasteiger partial charge is 0.465 e. The Morgan fingerprint density at radius 2 is 2.10 bits per heavy atom. The zero-order valence-corrected chi connectivity index (χ0v) is 12.2. The maximum absolute atomic E-state index is 13.3. The van der Waals surface area contributed by atoms with Gasteiger partial charge in [-0.15, -0.1) is 0 Å². The van der Waals surface area contributed by atoms with E-state index < -0.39 is 0 Å². The lowest BCUT2D eigenvalue weighted by Crippen LogP contribution is -2.22. The Labute approximate surface area is 119 Å². The molecule has 0 aliphatic heterocycles. The van der Waals surface area contributed by atoms with Crippen LogP contribution in [0.2, 0.25) is 0 Å². The van der Waals surface area contributed by atoms with Crippen LogP contribution in [0.5, 0.6) is 0 Å². The van der Waals surface area contributed by atoms with Crippen molar-refractivity contribution in [3.63, 3.8) is 0 Å². The summed E-state index contributed by atoms with van der Waals surface area (Å²) in [5.74, 6) is 1.64. The first-order chi connectivity index (χ1) is 9.63. The van der Waals surface area contributed by atoms with Crippen LogP contribution in [0.25, 0.3) is 0 Å². The number of benzene rings is 1. The minimum atomic E-state index is -0.208. The van der Waals surface area contributed by atoms with Gasteiger partial charge in [0.05, 0.1) is 6.54 Å². The van der Waals surface area contributed by atoms with Gasteiger partial charge in [0.15, 0.2) is 0 Å². The Kier molecular flexibility index (Phi) is 4.79. The SMILES string of the molecule is CCN(Cc1cc(CNC)oc1C)c1cccc(F)c1. The topological polar surface area (TPSA) is 28.4 Å². The summed E-state index contributed by atoms with van der Waals surface area (Å²) in [5.41, 5.74) is 2.03. The molecule has 4 heteroatoms. The van der Waals surface area contributed by atoms with Crippen LogP contribution in [0, 0.1) is 12.7 Å². The van der Waals surface area contributed by atoms with Crippen molar-refractivity contribution >= 4 is 5.69 Å². The van der Waals surface area contributed by atoms with Crippen LogP contribution < -0.4 is 10.2 Å². The number of halogens is 1. The van der Waals surface area contributed by atoms with E-state index in [0.29, 0.717) is 6.54 Å². The first kappa shape index (κ1) is 14.6. The first-order valence-electron chi connectivity index (χ1n) is 6.87. The van der Waals surface area contributed by atoms with Gasteiger partial charge in [0, 0.05) is 24.3 Å². The molecule has 0 saturated heterocycles. The maximum Gasteiger partial charge on any atom is 0.125 e.